The number of rotatable bonds is 7. The first-order valence-corrected chi connectivity index (χ1v) is 10.8. The van der Waals surface area contributed by atoms with Crippen LogP contribution in [0.25, 0.3) is 0 Å². The Balaban J connectivity index is 1.69. The Labute approximate surface area is 193 Å². The number of hydrogen-bond acceptors (Lipinski definition) is 7. The van der Waals surface area contributed by atoms with Crippen molar-refractivity contribution in [1.82, 2.24) is 4.90 Å². The molecule has 168 valence electrons. The number of nitrogens with zero attached hydrogens (tertiary/aromatic N) is 3. The number of fused-ring (bicyclic) bond motifs is 1. The number of anilines is 1. The molecule has 1 unspecified atom stereocenters. The maximum absolute atomic E-state index is 13.6. The number of nitro benzene ring substituents is 1. The van der Waals surface area contributed by atoms with Crippen molar-refractivity contribution in [3.8, 4) is 5.75 Å². The molecule has 10 heteroatoms. The molecule has 0 saturated heterocycles. The highest BCUT2D eigenvalue weighted by atomic mass is 32.1. The van der Waals surface area contributed by atoms with Crippen LogP contribution in [-0.2, 0) is 11.3 Å². The number of carbonyl (C=O) groups is 3. The van der Waals surface area contributed by atoms with Gasteiger partial charge in [0.05, 0.1) is 24.1 Å². The van der Waals surface area contributed by atoms with Gasteiger partial charge in [-0.2, -0.15) is 0 Å². The Hall–Kier alpha value is -4.05. The first-order chi connectivity index (χ1) is 15.8. The molecule has 1 aliphatic rings. The van der Waals surface area contributed by atoms with Crippen LogP contribution in [0.2, 0.25) is 0 Å². The van der Waals surface area contributed by atoms with Crippen molar-refractivity contribution in [3.63, 3.8) is 0 Å². The number of ether oxygens (including phenoxy) is 1. The average Bonchev–Trinajstić information content (AvgIpc) is 3.43. The van der Waals surface area contributed by atoms with E-state index in [1.54, 1.807) is 24.3 Å². The summed E-state index contributed by atoms with van der Waals surface area (Å²) in [5.74, 6) is -1.46. The van der Waals surface area contributed by atoms with Gasteiger partial charge in [-0.15, -0.1) is 11.3 Å². The van der Waals surface area contributed by atoms with E-state index in [1.165, 1.54) is 48.5 Å². The van der Waals surface area contributed by atoms with Gasteiger partial charge in [0, 0.05) is 16.6 Å². The molecule has 0 spiro atoms. The number of benzene rings is 2. The fourth-order valence-electron chi connectivity index (χ4n) is 3.74. The summed E-state index contributed by atoms with van der Waals surface area (Å²) in [5, 5.41) is 13.3. The standard InChI is InChI=1S/C23H19N3O6S/c1-14(25-22(28)18-6-3-7-19(26(30)31)20(18)23(25)29)21(27)24(13-17-5-4-12-33-17)15-8-10-16(32-2)11-9-15/h3-12,14H,13H2,1-2H3. The zero-order valence-corrected chi connectivity index (χ0v) is 18.6. The predicted molar refractivity (Wildman–Crippen MR) is 122 cm³/mol. The number of carbonyl (C=O) groups excluding carboxylic acids is 3. The van der Waals surface area contributed by atoms with Gasteiger partial charge in [0.15, 0.2) is 0 Å². The van der Waals surface area contributed by atoms with Gasteiger partial charge in [-0.1, -0.05) is 12.1 Å². The highest BCUT2D eigenvalue weighted by Crippen LogP contribution is 2.33. The SMILES string of the molecule is COc1ccc(N(Cc2cccs2)C(=O)C(C)N2C(=O)c3cccc([N+](=O)[O-])c3C2=O)cc1. The summed E-state index contributed by atoms with van der Waals surface area (Å²) < 4.78 is 5.18. The summed E-state index contributed by atoms with van der Waals surface area (Å²) in [6.45, 7) is 1.68. The van der Waals surface area contributed by atoms with Crippen LogP contribution in [0.1, 0.15) is 32.5 Å². The van der Waals surface area contributed by atoms with Crippen molar-refractivity contribution in [2.24, 2.45) is 0 Å². The highest BCUT2D eigenvalue weighted by Gasteiger charge is 2.45. The molecular formula is C23H19N3O6S. The molecule has 0 bridgehead atoms. The smallest absolute Gasteiger partial charge is 0.282 e. The number of imide groups is 1. The second-order valence-electron chi connectivity index (χ2n) is 7.31. The lowest BCUT2D eigenvalue weighted by Crippen LogP contribution is -2.49. The lowest BCUT2D eigenvalue weighted by Gasteiger charge is -2.29. The van der Waals surface area contributed by atoms with Crippen LogP contribution in [0.5, 0.6) is 5.75 Å². The largest absolute Gasteiger partial charge is 0.497 e. The summed E-state index contributed by atoms with van der Waals surface area (Å²) in [5.41, 5.74) is -0.272. The molecule has 0 saturated carbocycles. The van der Waals surface area contributed by atoms with Gasteiger partial charge in [-0.3, -0.25) is 29.4 Å². The summed E-state index contributed by atoms with van der Waals surface area (Å²) in [6.07, 6.45) is 0. The van der Waals surface area contributed by atoms with Crippen LogP contribution in [0, 0.1) is 10.1 Å². The molecule has 9 nitrogen and oxygen atoms in total. The third-order valence-electron chi connectivity index (χ3n) is 5.41. The third-order valence-corrected chi connectivity index (χ3v) is 6.27. The number of nitro groups is 1. The minimum absolute atomic E-state index is 0.0805. The monoisotopic (exact) mass is 465 g/mol. The average molecular weight is 465 g/mol. The van der Waals surface area contributed by atoms with Gasteiger partial charge in [0.1, 0.15) is 17.4 Å². The molecule has 2 heterocycles. The molecule has 1 aliphatic heterocycles. The summed E-state index contributed by atoms with van der Waals surface area (Å²) in [4.78, 5) is 53.5. The molecule has 0 N–H and O–H groups in total. The summed E-state index contributed by atoms with van der Waals surface area (Å²) in [7, 11) is 1.53. The Bertz CT molecular complexity index is 1240. The minimum atomic E-state index is -1.18. The van der Waals surface area contributed by atoms with E-state index in [4.69, 9.17) is 4.74 Å². The van der Waals surface area contributed by atoms with Crippen molar-refractivity contribution in [1.29, 1.82) is 0 Å². The molecule has 33 heavy (non-hydrogen) atoms. The fourth-order valence-corrected chi connectivity index (χ4v) is 4.44. The van der Waals surface area contributed by atoms with E-state index < -0.39 is 34.4 Å². The number of amides is 3. The number of hydrogen-bond donors (Lipinski definition) is 0. The molecule has 1 aromatic heterocycles. The minimum Gasteiger partial charge on any atom is -0.497 e. The van der Waals surface area contributed by atoms with E-state index in [9.17, 15) is 24.5 Å². The van der Waals surface area contributed by atoms with Crippen LogP contribution >= 0.6 is 11.3 Å². The van der Waals surface area contributed by atoms with E-state index >= 15 is 0 Å². The van der Waals surface area contributed by atoms with E-state index in [2.05, 4.69) is 0 Å². The quantitative estimate of drug-likeness (QED) is 0.297. The molecule has 0 fully saturated rings. The third kappa shape index (κ3) is 3.96. The topological polar surface area (TPSA) is 110 Å². The van der Waals surface area contributed by atoms with Gasteiger partial charge in [-0.25, -0.2) is 0 Å². The second kappa shape index (κ2) is 8.83. The van der Waals surface area contributed by atoms with Crippen LogP contribution in [0.3, 0.4) is 0 Å². The van der Waals surface area contributed by atoms with E-state index in [0.29, 0.717) is 11.4 Å². The van der Waals surface area contributed by atoms with E-state index in [1.807, 2.05) is 17.5 Å². The molecule has 0 aliphatic carbocycles. The zero-order chi connectivity index (χ0) is 23.7. The molecule has 0 radical (unpaired) electrons. The Morgan fingerprint density at radius 3 is 2.45 bits per heavy atom. The maximum Gasteiger partial charge on any atom is 0.282 e. The Kier molecular flexibility index (Phi) is 5.93. The fraction of sp³-hybridized carbons (Fsp3) is 0.174. The van der Waals surface area contributed by atoms with Crippen LogP contribution < -0.4 is 9.64 Å². The van der Waals surface area contributed by atoms with Gasteiger partial charge < -0.3 is 9.64 Å². The number of methoxy groups -OCH3 is 1. The second-order valence-corrected chi connectivity index (χ2v) is 8.35. The van der Waals surface area contributed by atoms with E-state index in [0.717, 1.165) is 9.78 Å². The van der Waals surface area contributed by atoms with Gasteiger partial charge >= 0.3 is 0 Å². The number of thiophene rings is 1. The van der Waals surface area contributed by atoms with Gasteiger partial charge in [-0.05, 0) is 48.7 Å². The molecular weight excluding hydrogens is 446 g/mol. The van der Waals surface area contributed by atoms with Crippen molar-refractivity contribution in [3.05, 3.63) is 86.1 Å². The molecule has 3 amide bonds. The van der Waals surface area contributed by atoms with Crippen molar-refractivity contribution < 1.29 is 24.0 Å². The van der Waals surface area contributed by atoms with Crippen molar-refractivity contribution in [2.45, 2.75) is 19.5 Å². The van der Waals surface area contributed by atoms with Gasteiger partial charge in [0.2, 0.25) is 5.91 Å². The summed E-state index contributed by atoms with van der Waals surface area (Å²) >= 11 is 1.47. The zero-order valence-electron chi connectivity index (χ0n) is 17.8. The molecule has 1 atom stereocenters. The molecule has 4 rings (SSSR count). The molecule has 3 aromatic rings. The lowest BCUT2D eigenvalue weighted by molar-refractivity contribution is -0.385. The molecule has 2 aromatic carbocycles. The highest BCUT2D eigenvalue weighted by molar-refractivity contribution is 7.09. The summed E-state index contributed by atoms with van der Waals surface area (Å²) in [6, 6.07) is 13.3. The maximum atomic E-state index is 13.6. The van der Waals surface area contributed by atoms with Crippen LogP contribution in [-0.4, -0.2) is 40.7 Å². The van der Waals surface area contributed by atoms with Crippen molar-refractivity contribution >= 4 is 40.4 Å². The van der Waals surface area contributed by atoms with Crippen LogP contribution in [0.4, 0.5) is 11.4 Å². The Morgan fingerprint density at radius 1 is 1.12 bits per heavy atom. The lowest BCUT2D eigenvalue weighted by atomic mass is 10.1. The predicted octanol–water partition coefficient (Wildman–Crippen LogP) is 3.88. The first kappa shape index (κ1) is 22.2. The first-order valence-electron chi connectivity index (χ1n) is 9.96. The van der Waals surface area contributed by atoms with Gasteiger partial charge in [0.25, 0.3) is 17.5 Å². The van der Waals surface area contributed by atoms with Crippen molar-refractivity contribution in [2.75, 3.05) is 12.0 Å². The van der Waals surface area contributed by atoms with E-state index in [-0.39, 0.29) is 17.7 Å². The normalized spacial score (nSPS) is 13.6. The Morgan fingerprint density at radius 2 is 1.85 bits per heavy atom. The van der Waals surface area contributed by atoms with Crippen LogP contribution in [0.15, 0.2) is 60.0 Å².